The first-order valence-corrected chi connectivity index (χ1v) is 12.7. The maximum absolute atomic E-state index is 14.8. The molecule has 0 heterocycles. The summed E-state index contributed by atoms with van der Waals surface area (Å²) in [5.74, 6) is -3.79. The van der Waals surface area contributed by atoms with Crippen LogP contribution in [-0.4, -0.2) is 12.7 Å². The number of ether oxygens (including phenoxy) is 2. The highest BCUT2D eigenvalue weighted by atomic mass is 19.2. The summed E-state index contributed by atoms with van der Waals surface area (Å²) >= 11 is 0. The molecule has 0 radical (unpaired) electrons. The lowest BCUT2D eigenvalue weighted by Crippen LogP contribution is -2.21. The van der Waals surface area contributed by atoms with E-state index in [1.807, 2.05) is 24.3 Å². The summed E-state index contributed by atoms with van der Waals surface area (Å²) in [7, 11) is 0. The third-order valence-electron chi connectivity index (χ3n) is 6.93. The number of hydrogen-bond donors (Lipinski definition) is 0. The summed E-state index contributed by atoms with van der Waals surface area (Å²) in [6, 6.07) is 13.7. The molecule has 6 heteroatoms. The lowest BCUT2D eigenvalue weighted by molar-refractivity contribution is 0.0116. The summed E-state index contributed by atoms with van der Waals surface area (Å²) in [6.45, 7) is 4.03. The van der Waals surface area contributed by atoms with Crippen molar-refractivity contribution in [2.45, 2.75) is 71.0 Å². The lowest BCUT2D eigenvalue weighted by Gasteiger charge is -2.29. The Labute approximate surface area is 210 Å². The van der Waals surface area contributed by atoms with Gasteiger partial charge in [-0.15, -0.1) is 0 Å². The molecule has 0 aliphatic heterocycles. The quantitative estimate of drug-likeness (QED) is 0.274. The van der Waals surface area contributed by atoms with Crippen molar-refractivity contribution in [1.29, 1.82) is 0 Å². The molecular formula is C30H32F4O2. The van der Waals surface area contributed by atoms with Gasteiger partial charge in [0.05, 0.1) is 19.3 Å². The van der Waals surface area contributed by atoms with E-state index >= 15 is 0 Å². The molecule has 0 atom stereocenters. The van der Waals surface area contributed by atoms with Crippen LogP contribution in [-0.2, 0) is 17.8 Å². The molecule has 2 nitrogen and oxygen atoms in total. The summed E-state index contributed by atoms with van der Waals surface area (Å²) in [5, 5.41) is 0. The van der Waals surface area contributed by atoms with Gasteiger partial charge in [-0.1, -0.05) is 55.8 Å². The molecule has 0 saturated heterocycles. The molecule has 0 spiro atoms. The second-order valence-corrected chi connectivity index (χ2v) is 9.35. The number of halogens is 4. The van der Waals surface area contributed by atoms with Gasteiger partial charge >= 0.3 is 0 Å². The van der Waals surface area contributed by atoms with Crippen LogP contribution in [0.4, 0.5) is 17.6 Å². The zero-order valence-electron chi connectivity index (χ0n) is 20.8. The van der Waals surface area contributed by atoms with Gasteiger partial charge < -0.3 is 9.47 Å². The van der Waals surface area contributed by atoms with Crippen LogP contribution in [0.2, 0.25) is 0 Å². The Morgan fingerprint density at radius 3 is 2.14 bits per heavy atom. The Kier molecular flexibility index (Phi) is 8.68. The molecule has 192 valence electrons. The van der Waals surface area contributed by atoms with E-state index in [1.165, 1.54) is 6.07 Å². The van der Waals surface area contributed by atoms with Crippen LogP contribution in [0.3, 0.4) is 0 Å². The lowest BCUT2D eigenvalue weighted by atomic mass is 9.82. The van der Waals surface area contributed by atoms with Crippen LogP contribution in [0.5, 0.6) is 5.75 Å². The van der Waals surface area contributed by atoms with Gasteiger partial charge in [-0.05, 0) is 67.7 Å². The maximum atomic E-state index is 14.8. The Morgan fingerprint density at radius 1 is 0.750 bits per heavy atom. The minimum Gasteiger partial charge on any atom is -0.491 e. The van der Waals surface area contributed by atoms with Gasteiger partial charge in [0.1, 0.15) is 0 Å². The summed E-state index contributed by atoms with van der Waals surface area (Å²) in [4.78, 5) is 0. The van der Waals surface area contributed by atoms with Gasteiger partial charge in [0.25, 0.3) is 0 Å². The molecule has 0 bridgehead atoms. The summed E-state index contributed by atoms with van der Waals surface area (Å²) in [5.41, 5.74) is 2.54. The first kappa shape index (κ1) is 26.2. The molecule has 0 N–H and O–H groups in total. The Morgan fingerprint density at radius 2 is 1.47 bits per heavy atom. The van der Waals surface area contributed by atoms with Crippen LogP contribution in [0.25, 0.3) is 11.1 Å². The number of aryl methyl sites for hydroxylation is 1. The fourth-order valence-electron chi connectivity index (χ4n) is 4.94. The number of hydrogen-bond acceptors (Lipinski definition) is 2. The molecule has 3 aromatic rings. The van der Waals surface area contributed by atoms with E-state index < -0.39 is 23.3 Å². The second-order valence-electron chi connectivity index (χ2n) is 9.35. The normalized spacial score (nSPS) is 17.8. The van der Waals surface area contributed by atoms with Gasteiger partial charge in [0.2, 0.25) is 5.82 Å². The fourth-order valence-corrected chi connectivity index (χ4v) is 4.94. The van der Waals surface area contributed by atoms with Gasteiger partial charge in [0.15, 0.2) is 23.2 Å². The summed E-state index contributed by atoms with van der Waals surface area (Å²) in [6.07, 6.45) is 4.33. The Hall–Kier alpha value is -2.86. The average Bonchev–Trinajstić information content (AvgIpc) is 2.89. The third-order valence-corrected chi connectivity index (χ3v) is 6.93. The Bertz CT molecular complexity index is 1170. The van der Waals surface area contributed by atoms with Crippen LogP contribution in [0.15, 0.2) is 48.5 Å². The van der Waals surface area contributed by atoms with Crippen LogP contribution in [0, 0.1) is 23.3 Å². The first-order chi connectivity index (χ1) is 17.4. The molecule has 0 unspecified atom stereocenters. The predicted octanol–water partition coefficient (Wildman–Crippen LogP) is 8.50. The molecule has 36 heavy (non-hydrogen) atoms. The van der Waals surface area contributed by atoms with Gasteiger partial charge in [-0.25, -0.2) is 13.2 Å². The van der Waals surface area contributed by atoms with Gasteiger partial charge in [0, 0.05) is 11.1 Å². The minimum atomic E-state index is -0.953. The highest BCUT2D eigenvalue weighted by molar-refractivity contribution is 5.65. The van der Waals surface area contributed by atoms with Gasteiger partial charge in [-0.2, -0.15) is 4.39 Å². The van der Waals surface area contributed by atoms with Crippen molar-refractivity contribution in [3.05, 3.63) is 88.5 Å². The SMILES string of the molecule is CCCc1ccc(-c2ccc(COC3CCC(c4ccc(OCC)c(F)c4F)CC3)c(F)c2F)cc1. The van der Waals surface area contributed by atoms with E-state index in [2.05, 4.69) is 6.92 Å². The van der Waals surface area contributed by atoms with E-state index in [0.29, 0.717) is 36.8 Å². The zero-order valence-corrected chi connectivity index (χ0v) is 20.8. The highest BCUT2D eigenvalue weighted by Crippen LogP contribution is 2.38. The summed E-state index contributed by atoms with van der Waals surface area (Å²) < 4.78 is 69.5. The standard InChI is InChI=1S/C30H32F4O2/c1-3-5-19-6-8-20(9-7-19)24-15-12-22(27(31)28(24)32)18-36-23-13-10-21(11-14-23)25-16-17-26(35-4-2)30(34)29(25)33/h6-9,12,15-17,21,23H,3-5,10-11,13-14,18H2,1-2H3. The highest BCUT2D eigenvalue weighted by Gasteiger charge is 2.27. The molecule has 1 saturated carbocycles. The molecule has 4 rings (SSSR count). The molecule has 1 aliphatic rings. The van der Waals surface area contributed by atoms with Crippen LogP contribution >= 0.6 is 0 Å². The molecule has 3 aromatic carbocycles. The molecule has 0 aromatic heterocycles. The van der Waals surface area contributed by atoms with Crippen molar-refractivity contribution < 1.29 is 27.0 Å². The average molecular weight is 501 g/mol. The van der Waals surface area contributed by atoms with Crippen molar-refractivity contribution in [3.8, 4) is 16.9 Å². The van der Waals surface area contributed by atoms with E-state index in [1.54, 1.807) is 25.1 Å². The molecular weight excluding hydrogens is 468 g/mol. The zero-order chi connectivity index (χ0) is 25.7. The first-order valence-electron chi connectivity index (χ1n) is 12.7. The van der Waals surface area contributed by atoms with Crippen molar-refractivity contribution in [2.75, 3.05) is 6.61 Å². The largest absolute Gasteiger partial charge is 0.491 e. The maximum Gasteiger partial charge on any atom is 0.200 e. The number of benzene rings is 3. The smallest absolute Gasteiger partial charge is 0.200 e. The van der Waals surface area contributed by atoms with Crippen molar-refractivity contribution >= 4 is 0 Å². The van der Waals surface area contributed by atoms with Crippen molar-refractivity contribution in [1.82, 2.24) is 0 Å². The van der Waals surface area contributed by atoms with Crippen LogP contribution < -0.4 is 4.74 Å². The van der Waals surface area contributed by atoms with Crippen LogP contribution in [0.1, 0.15) is 68.6 Å². The van der Waals surface area contributed by atoms with E-state index in [0.717, 1.165) is 18.4 Å². The van der Waals surface area contributed by atoms with Crippen molar-refractivity contribution in [2.24, 2.45) is 0 Å². The number of rotatable bonds is 9. The Balaban J connectivity index is 1.35. The van der Waals surface area contributed by atoms with E-state index in [4.69, 9.17) is 9.47 Å². The van der Waals surface area contributed by atoms with E-state index in [-0.39, 0.29) is 42.1 Å². The third kappa shape index (κ3) is 5.75. The van der Waals surface area contributed by atoms with Crippen molar-refractivity contribution in [3.63, 3.8) is 0 Å². The molecule has 0 amide bonds. The minimum absolute atomic E-state index is 0.0418. The monoisotopic (exact) mass is 500 g/mol. The van der Waals surface area contributed by atoms with E-state index in [9.17, 15) is 17.6 Å². The molecule has 1 aliphatic carbocycles. The topological polar surface area (TPSA) is 18.5 Å². The van der Waals surface area contributed by atoms with Gasteiger partial charge in [-0.3, -0.25) is 0 Å². The molecule has 1 fully saturated rings. The predicted molar refractivity (Wildman–Crippen MR) is 133 cm³/mol. The second kappa shape index (κ2) is 11.9. The fraction of sp³-hybridized carbons (Fsp3) is 0.400.